The quantitative estimate of drug-likeness (QED) is 0.895. The maximum absolute atomic E-state index is 13.9. The van der Waals surface area contributed by atoms with Crippen LogP contribution in [0.4, 0.5) is 8.78 Å². The molecular formula is C18H26F2N2O. The van der Waals surface area contributed by atoms with Gasteiger partial charge in [-0.1, -0.05) is 6.07 Å². The molecule has 1 aliphatic heterocycles. The standard InChI is InChI=1S/C18H26F2N2O/c19-14-3-1-4-15(20)18(14)12-6-8-13(9-7-12)23-11-17-16(21)5-2-10-22-17/h1,3-4,12-13,16-17,22H,2,5-11,21H2. The number of nitrogens with one attached hydrogen (secondary N) is 1. The van der Waals surface area contributed by atoms with E-state index in [2.05, 4.69) is 5.32 Å². The van der Waals surface area contributed by atoms with Crippen LogP contribution >= 0.6 is 0 Å². The van der Waals surface area contributed by atoms with Gasteiger partial charge in [-0.05, 0) is 63.1 Å². The fourth-order valence-electron chi connectivity index (χ4n) is 3.82. The van der Waals surface area contributed by atoms with E-state index in [0.29, 0.717) is 6.61 Å². The Balaban J connectivity index is 1.49. The van der Waals surface area contributed by atoms with Gasteiger partial charge >= 0.3 is 0 Å². The fourth-order valence-corrected chi connectivity index (χ4v) is 3.82. The Morgan fingerprint density at radius 1 is 1.09 bits per heavy atom. The van der Waals surface area contributed by atoms with E-state index in [1.54, 1.807) is 0 Å². The largest absolute Gasteiger partial charge is 0.377 e. The van der Waals surface area contributed by atoms with Crippen LogP contribution in [0.15, 0.2) is 18.2 Å². The lowest BCUT2D eigenvalue weighted by Crippen LogP contribution is -2.52. The first-order valence-electron chi connectivity index (χ1n) is 8.69. The lowest BCUT2D eigenvalue weighted by atomic mass is 9.82. The highest BCUT2D eigenvalue weighted by molar-refractivity contribution is 5.24. The van der Waals surface area contributed by atoms with Crippen LogP contribution in [0.5, 0.6) is 0 Å². The van der Waals surface area contributed by atoms with E-state index in [9.17, 15) is 8.78 Å². The van der Waals surface area contributed by atoms with Gasteiger partial charge in [0.15, 0.2) is 0 Å². The van der Waals surface area contributed by atoms with Gasteiger partial charge in [-0.2, -0.15) is 0 Å². The van der Waals surface area contributed by atoms with Crippen LogP contribution in [-0.4, -0.2) is 31.3 Å². The zero-order valence-electron chi connectivity index (χ0n) is 13.4. The Morgan fingerprint density at radius 3 is 2.43 bits per heavy atom. The molecule has 2 aliphatic rings. The van der Waals surface area contributed by atoms with Crippen molar-refractivity contribution >= 4 is 0 Å². The number of ether oxygens (including phenoxy) is 1. The summed E-state index contributed by atoms with van der Waals surface area (Å²) in [5.74, 6) is -0.885. The molecule has 2 unspecified atom stereocenters. The first kappa shape index (κ1) is 16.8. The second-order valence-electron chi connectivity index (χ2n) is 6.81. The van der Waals surface area contributed by atoms with Gasteiger partial charge in [0, 0.05) is 17.6 Å². The molecule has 0 bridgehead atoms. The van der Waals surface area contributed by atoms with Crippen LogP contribution in [0.1, 0.15) is 50.0 Å². The average molecular weight is 324 g/mol. The Labute approximate surface area is 136 Å². The summed E-state index contributed by atoms with van der Waals surface area (Å²) in [6.45, 7) is 1.63. The number of rotatable bonds is 4. The van der Waals surface area contributed by atoms with Crippen molar-refractivity contribution < 1.29 is 13.5 Å². The first-order chi connectivity index (χ1) is 11.1. The summed E-state index contributed by atoms with van der Waals surface area (Å²) in [6, 6.07) is 4.50. The molecule has 1 aliphatic carbocycles. The van der Waals surface area contributed by atoms with E-state index in [4.69, 9.17) is 10.5 Å². The topological polar surface area (TPSA) is 47.3 Å². The predicted molar refractivity (Wildman–Crippen MR) is 86.3 cm³/mol. The zero-order valence-corrected chi connectivity index (χ0v) is 13.4. The summed E-state index contributed by atoms with van der Waals surface area (Å²) < 4.78 is 33.8. The van der Waals surface area contributed by atoms with E-state index < -0.39 is 11.6 Å². The third-order valence-electron chi connectivity index (χ3n) is 5.23. The number of piperidine rings is 1. The Kier molecular flexibility index (Phi) is 5.62. The highest BCUT2D eigenvalue weighted by Crippen LogP contribution is 2.36. The maximum Gasteiger partial charge on any atom is 0.129 e. The SMILES string of the molecule is NC1CCCNC1COC1CCC(c2c(F)cccc2F)CC1. The Hall–Kier alpha value is -1.04. The Morgan fingerprint density at radius 2 is 1.78 bits per heavy atom. The van der Waals surface area contributed by atoms with Gasteiger partial charge in [0.25, 0.3) is 0 Å². The fraction of sp³-hybridized carbons (Fsp3) is 0.667. The number of benzene rings is 1. The highest BCUT2D eigenvalue weighted by Gasteiger charge is 2.28. The molecular weight excluding hydrogens is 298 g/mol. The molecule has 128 valence electrons. The van der Waals surface area contributed by atoms with Gasteiger partial charge in [0.2, 0.25) is 0 Å². The van der Waals surface area contributed by atoms with E-state index in [-0.39, 0.29) is 29.7 Å². The van der Waals surface area contributed by atoms with Crippen molar-refractivity contribution in [2.24, 2.45) is 5.73 Å². The highest BCUT2D eigenvalue weighted by atomic mass is 19.1. The van der Waals surface area contributed by atoms with Crippen LogP contribution in [0.25, 0.3) is 0 Å². The lowest BCUT2D eigenvalue weighted by Gasteiger charge is -2.33. The summed E-state index contributed by atoms with van der Waals surface area (Å²) in [5, 5.41) is 3.41. The summed E-state index contributed by atoms with van der Waals surface area (Å²) in [6.07, 6.45) is 5.58. The number of nitrogens with two attached hydrogens (primary N) is 1. The van der Waals surface area contributed by atoms with E-state index in [0.717, 1.165) is 45.1 Å². The minimum Gasteiger partial charge on any atom is -0.377 e. The van der Waals surface area contributed by atoms with E-state index in [1.807, 2.05) is 0 Å². The predicted octanol–water partition coefficient (Wildman–Crippen LogP) is 3.09. The number of halogens is 2. The molecule has 0 spiro atoms. The molecule has 3 rings (SSSR count). The molecule has 2 atom stereocenters. The third kappa shape index (κ3) is 4.08. The molecule has 0 amide bonds. The molecule has 2 fully saturated rings. The summed E-state index contributed by atoms with van der Waals surface area (Å²) >= 11 is 0. The van der Waals surface area contributed by atoms with Crippen molar-refractivity contribution in [2.75, 3.05) is 13.2 Å². The molecule has 3 N–H and O–H groups in total. The van der Waals surface area contributed by atoms with Crippen LogP contribution in [0, 0.1) is 11.6 Å². The molecule has 1 heterocycles. The zero-order chi connectivity index (χ0) is 16.2. The maximum atomic E-state index is 13.9. The first-order valence-corrected chi connectivity index (χ1v) is 8.69. The van der Waals surface area contributed by atoms with Gasteiger partial charge < -0.3 is 15.8 Å². The summed E-state index contributed by atoms with van der Waals surface area (Å²) in [7, 11) is 0. The summed E-state index contributed by atoms with van der Waals surface area (Å²) in [4.78, 5) is 0. The monoisotopic (exact) mass is 324 g/mol. The lowest BCUT2D eigenvalue weighted by molar-refractivity contribution is 0.00584. The van der Waals surface area contributed by atoms with Gasteiger partial charge in [-0.3, -0.25) is 0 Å². The van der Waals surface area contributed by atoms with Gasteiger partial charge in [-0.25, -0.2) is 8.78 Å². The van der Waals surface area contributed by atoms with Crippen LogP contribution in [-0.2, 0) is 4.74 Å². The van der Waals surface area contributed by atoms with Crippen molar-refractivity contribution in [1.82, 2.24) is 5.32 Å². The van der Waals surface area contributed by atoms with Crippen molar-refractivity contribution in [1.29, 1.82) is 0 Å². The van der Waals surface area contributed by atoms with Crippen molar-refractivity contribution in [3.63, 3.8) is 0 Å². The van der Waals surface area contributed by atoms with Crippen LogP contribution in [0.3, 0.4) is 0 Å². The van der Waals surface area contributed by atoms with E-state index >= 15 is 0 Å². The van der Waals surface area contributed by atoms with Crippen molar-refractivity contribution in [3.8, 4) is 0 Å². The van der Waals surface area contributed by atoms with Gasteiger partial charge in [0.1, 0.15) is 11.6 Å². The second kappa shape index (κ2) is 7.69. The molecule has 23 heavy (non-hydrogen) atoms. The van der Waals surface area contributed by atoms with Crippen LogP contribution in [0.2, 0.25) is 0 Å². The van der Waals surface area contributed by atoms with Crippen molar-refractivity contribution in [2.45, 2.75) is 62.6 Å². The minimum absolute atomic E-state index is 0.0360. The third-order valence-corrected chi connectivity index (χ3v) is 5.23. The van der Waals surface area contributed by atoms with E-state index in [1.165, 1.54) is 18.2 Å². The molecule has 1 saturated heterocycles. The molecule has 1 saturated carbocycles. The normalized spacial score (nSPS) is 32.0. The molecule has 3 nitrogen and oxygen atoms in total. The molecule has 0 aromatic heterocycles. The Bertz CT molecular complexity index is 497. The molecule has 0 radical (unpaired) electrons. The average Bonchev–Trinajstić information content (AvgIpc) is 2.55. The number of hydrogen-bond donors (Lipinski definition) is 2. The summed E-state index contributed by atoms with van der Waals surface area (Å²) in [5.41, 5.74) is 6.35. The minimum atomic E-state index is -0.424. The molecule has 5 heteroatoms. The molecule has 1 aromatic carbocycles. The second-order valence-corrected chi connectivity index (χ2v) is 6.81. The van der Waals surface area contributed by atoms with Crippen molar-refractivity contribution in [3.05, 3.63) is 35.4 Å². The molecule has 1 aromatic rings. The number of hydrogen-bond acceptors (Lipinski definition) is 3. The smallest absolute Gasteiger partial charge is 0.129 e. The van der Waals surface area contributed by atoms with Gasteiger partial charge in [0.05, 0.1) is 12.7 Å². The van der Waals surface area contributed by atoms with Gasteiger partial charge in [-0.15, -0.1) is 0 Å². The van der Waals surface area contributed by atoms with Crippen LogP contribution < -0.4 is 11.1 Å².